The van der Waals surface area contributed by atoms with Crippen LogP contribution < -0.4 is 0 Å². The Bertz CT molecular complexity index is 96.2. The largest absolute Gasteiger partial charge is 0.430 e. The standard InChI is InChI=1S/C5H6O/c1-2-5-3-4-6-5/h5H,2H2,1H3. The van der Waals surface area contributed by atoms with E-state index in [1.807, 2.05) is 0 Å². The zero-order chi connectivity index (χ0) is 4.41. The molecule has 0 radical (unpaired) electrons. The summed E-state index contributed by atoms with van der Waals surface area (Å²) < 4.78 is 4.72. The van der Waals surface area contributed by atoms with E-state index in [-0.39, 0.29) is 6.10 Å². The van der Waals surface area contributed by atoms with Crippen LogP contribution in [0.5, 0.6) is 0 Å². The highest BCUT2D eigenvalue weighted by Crippen LogP contribution is 2.00. The smallest absolute Gasteiger partial charge is 0.174 e. The summed E-state index contributed by atoms with van der Waals surface area (Å²) in [6, 6.07) is 0. The lowest BCUT2D eigenvalue weighted by atomic mass is 10.3. The fourth-order valence-corrected chi connectivity index (χ4v) is 0.328. The first-order valence-corrected chi connectivity index (χ1v) is 2.09. The summed E-state index contributed by atoms with van der Waals surface area (Å²) in [5.41, 5.74) is 0. The van der Waals surface area contributed by atoms with Crippen LogP contribution in [0.4, 0.5) is 0 Å². The third kappa shape index (κ3) is 0.345. The van der Waals surface area contributed by atoms with Gasteiger partial charge < -0.3 is 4.74 Å². The molecule has 1 nitrogen and oxygen atoms in total. The van der Waals surface area contributed by atoms with Crippen LogP contribution in [0.15, 0.2) is 0 Å². The Labute approximate surface area is 37.3 Å². The molecule has 1 aliphatic rings. The molecule has 6 heavy (non-hydrogen) atoms. The molecule has 0 bridgehead atoms. The monoisotopic (exact) mass is 82.0 g/mol. The van der Waals surface area contributed by atoms with E-state index in [2.05, 4.69) is 19.0 Å². The topological polar surface area (TPSA) is 9.23 Å². The van der Waals surface area contributed by atoms with Gasteiger partial charge in [0, 0.05) is 0 Å². The Morgan fingerprint density at radius 2 is 2.50 bits per heavy atom. The van der Waals surface area contributed by atoms with Gasteiger partial charge in [-0.3, -0.25) is 0 Å². The normalized spacial score (nSPS) is 25.8. The van der Waals surface area contributed by atoms with E-state index in [4.69, 9.17) is 4.74 Å². The molecular formula is C5H6O. The van der Waals surface area contributed by atoms with Gasteiger partial charge in [-0.15, -0.1) is 0 Å². The lowest BCUT2D eigenvalue weighted by Gasteiger charge is -2.08. The Morgan fingerprint density at radius 3 is 2.50 bits per heavy atom. The first-order chi connectivity index (χ1) is 2.93. The minimum absolute atomic E-state index is 0.255. The maximum absolute atomic E-state index is 4.72. The first-order valence-electron chi connectivity index (χ1n) is 2.09. The Kier molecular flexibility index (Phi) is 0.719. The van der Waals surface area contributed by atoms with Gasteiger partial charge in [-0.2, -0.15) is 0 Å². The van der Waals surface area contributed by atoms with Gasteiger partial charge in [0.05, 0.1) is 0 Å². The van der Waals surface area contributed by atoms with Gasteiger partial charge in [0.15, 0.2) is 6.10 Å². The van der Waals surface area contributed by atoms with Gasteiger partial charge in [0.1, 0.15) is 6.11 Å². The molecule has 32 valence electrons. The second kappa shape index (κ2) is 1.22. The van der Waals surface area contributed by atoms with Crippen molar-refractivity contribution in [1.82, 2.24) is 0 Å². The molecule has 1 rings (SSSR count). The SMILES string of the molecule is CCC1C#CO1. The molecule has 0 aliphatic carbocycles. The quantitative estimate of drug-likeness (QED) is 0.424. The molecular weight excluding hydrogens is 76.1 g/mol. The second-order valence-corrected chi connectivity index (χ2v) is 1.26. The minimum Gasteiger partial charge on any atom is -0.430 e. The van der Waals surface area contributed by atoms with Crippen molar-refractivity contribution in [3.05, 3.63) is 0 Å². The molecule has 1 heteroatoms. The molecule has 1 aliphatic heterocycles. The number of ether oxygens (including phenoxy) is 1. The second-order valence-electron chi connectivity index (χ2n) is 1.26. The summed E-state index contributed by atoms with van der Waals surface area (Å²) in [5, 5.41) is 0. The fourth-order valence-electron chi connectivity index (χ4n) is 0.328. The molecule has 0 fully saturated rings. The van der Waals surface area contributed by atoms with Crippen molar-refractivity contribution >= 4 is 0 Å². The van der Waals surface area contributed by atoms with Crippen molar-refractivity contribution < 1.29 is 4.74 Å². The van der Waals surface area contributed by atoms with Crippen LogP contribution in [0.1, 0.15) is 13.3 Å². The predicted molar refractivity (Wildman–Crippen MR) is 22.9 cm³/mol. The van der Waals surface area contributed by atoms with E-state index in [9.17, 15) is 0 Å². The van der Waals surface area contributed by atoms with Crippen LogP contribution in [0.3, 0.4) is 0 Å². The molecule has 0 spiro atoms. The molecule has 1 unspecified atom stereocenters. The minimum atomic E-state index is 0.255. The molecule has 0 aromatic carbocycles. The van der Waals surface area contributed by atoms with Gasteiger partial charge >= 0.3 is 0 Å². The van der Waals surface area contributed by atoms with Crippen molar-refractivity contribution in [2.75, 3.05) is 0 Å². The lowest BCUT2D eigenvalue weighted by Crippen LogP contribution is -2.11. The van der Waals surface area contributed by atoms with Crippen LogP contribution in [0, 0.1) is 12.0 Å². The molecule has 0 N–H and O–H groups in total. The van der Waals surface area contributed by atoms with E-state index in [0.29, 0.717) is 0 Å². The van der Waals surface area contributed by atoms with E-state index in [1.54, 1.807) is 0 Å². The van der Waals surface area contributed by atoms with E-state index in [1.165, 1.54) is 0 Å². The maximum atomic E-state index is 4.72. The van der Waals surface area contributed by atoms with Gasteiger partial charge in [-0.1, -0.05) is 6.92 Å². The number of hydrogen-bond donors (Lipinski definition) is 0. The van der Waals surface area contributed by atoms with Crippen molar-refractivity contribution in [1.29, 1.82) is 0 Å². The molecule has 1 heterocycles. The van der Waals surface area contributed by atoms with E-state index in [0.717, 1.165) is 6.42 Å². The zero-order valence-electron chi connectivity index (χ0n) is 3.69. The average molecular weight is 82.1 g/mol. The summed E-state index contributed by atoms with van der Waals surface area (Å²) in [6.07, 6.45) is 3.74. The summed E-state index contributed by atoms with van der Waals surface area (Å²) in [5.74, 6) is 2.82. The number of rotatable bonds is 1. The first kappa shape index (κ1) is 3.55. The van der Waals surface area contributed by atoms with Crippen molar-refractivity contribution in [2.45, 2.75) is 19.4 Å². The Hall–Kier alpha value is -0.640. The molecule has 0 aromatic rings. The van der Waals surface area contributed by atoms with Gasteiger partial charge in [-0.25, -0.2) is 0 Å². The van der Waals surface area contributed by atoms with Crippen molar-refractivity contribution in [3.8, 4) is 12.0 Å². The van der Waals surface area contributed by atoms with Crippen molar-refractivity contribution in [2.24, 2.45) is 0 Å². The Morgan fingerprint density at radius 1 is 1.83 bits per heavy atom. The summed E-state index contributed by atoms with van der Waals surface area (Å²) in [4.78, 5) is 0. The van der Waals surface area contributed by atoms with Crippen LogP contribution in [-0.2, 0) is 4.74 Å². The average Bonchev–Trinajstić information content (AvgIpc) is 1.31. The number of hydrogen-bond acceptors (Lipinski definition) is 1. The van der Waals surface area contributed by atoms with Crippen LogP contribution in [0.2, 0.25) is 0 Å². The van der Waals surface area contributed by atoms with Gasteiger partial charge in [0.25, 0.3) is 0 Å². The van der Waals surface area contributed by atoms with Crippen LogP contribution >= 0.6 is 0 Å². The highest BCUT2D eigenvalue weighted by Gasteiger charge is 2.05. The highest BCUT2D eigenvalue weighted by molar-refractivity contribution is 5.08. The lowest BCUT2D eigenvalue weighted by molar-refractivity contribution is 0.184. The summed E-state index contributed by atoms with van der Waals surface area (Å²) >= 11 is 0. The maximum Gasteiger partial charge on any atom is 0.174 e. The predicted octanol–water partition coefficient (Wildman–Crippen LogP) is 0.756. The van der Waals surface area contributed by atoms with Crippen LogP contribution in [0.25, 0.3) is 0 Å². The Balaban J connectivity index is 2.29. The molecule has 0 aromatic heterocycles. The fraction of sp³-hybridized carbons (Fsp3) is 0.600. The molecule has 0 saturated carbocycles. The van der Waals surface area contributed by atoms with E-state index < -0.39 is 0 Å². The third-order valence-electron chi connectivity index (χ3n) is 0.792. The molecule has 0 amide bonds. The molecule has 0 saturated heterocycles. The van der Waals surface area contributed by atoms with E-state index >= 15 is 0 Å². The van der Waals surface area contributed by atoms with Gasteiger partial charge in [-0.05, 0) is 12.3 Å². The summed E-state index contributed by atoms with van der Waals surface area (Å²) in [7, 11) is 0. The van der Waals surface area contributed by atoms with Gasteiger partial charge in [0.2, 0.25) is 0 Å². The zero-order valence-corrected chi connectivity index (χ0v) is 3.69. The van der Waals surface area contributed by atoms with Crippen molar-refractivity contribution in [3.63, 3.8) is 0 Å². The molecule has 1 atom stereocenters. The third-order valence-corrected chi connectivity index (χ3v) is 0.792. The summed E-state index contributed by atoms with van der Waals surface area (Å²) in [6.45, 7) is 2.05. The highest BCUT2D eigenvalue weighted by atomic mass is 16.5. The van der Waals surface area contributed by atoms with Crippen LogP contribution in [-0.4, -0.2) is 6.10 Å².